The topological polar surface area (TPSA) is 46.6 Å². The molecule has 0 N–H and O–H groups in total. The van der Waals surface area contributed by atoms with E-state index in [9.17, 15) is 9.59 Å². The molecule has 2 unspecified atom stereocenters. The van der Waals surface area contributed by atoms with Crippen LogP contribution in [0.1, 0.15) is 58.4 Å². The summed E-state index contributed by atoms with van der Waals surface area (Å²) in [6, 6.07) is 11.2. The molecule has 1 heterocycles. The van der Waals surface area contributed by atoms with Gasteiger partial charge < -0.3 is 4.74 Å². The van der Waals surface area contributed by atoms with E-state index in [0.29, 0.717) is 25.3 Å². The van der Waals surface area contributed by atoms with E-state index in [-0.39, 0.29) is 17.7 Å². The summed E-state index contributed by atoms with van der Waals surface area (Å²) in [7, 11) is 0. The summed E-state index contributed by atoms with van der Waals surface area (Å²) in [4.78, 5) is 28.3. The molecule has 1 aliphatic heterocycles. The number of rotatable bonds is 5. The van der Waals surface area contributed by atoms with Crippen LogP contribution in [0, 0.1) is 13.8 Å². The minimum Gasteiger partial charge on any atom is -0.465 e. The lowest BCUT2D eigenvalue weighted by Gasteiger charge is -2.39. The quantitative estimate of drug-likeness (QED) is 0.483. The van der Waals surface area contributed by atoms with Crippen LogP contribution in [-0.2, 0) is 9.53 Å². The van der Waals surface area contributed by atoms with Crippen molar-refractivity contribution in [2.75, 3.05) is 19.7 Å². The van der Waals surface area contributed by atoms with E-state index in [1.54, 1.807) is 0 Å². The fourth-order valence-corrected chi connectivity index (χ4v) is 4.40. The molecule has 0 bridgehead atoms. The molecule has 0 fully saturated rings. The van der Waals surface area contributed by atoms with Gasteiger partial charge in [-0.15, -0.1) is 0 Å². The smallest absolute Gasteiger partial charge is 0.328 e. The summed E-state index contributed by atoms with van der Waals surface area (Å²) in [5.41, 5.74) is 4.73. The zero-order valence-corrected chi connectivity index (χ0v) is 18.4. The minimum absolute atomic E-state index is 0.0673. The summed E-state index contributed by atoms with van der Waals surface area (Å²) in [6.07, 6.45) is 0. The standard InChI is InChI=1S/C23H26BrNO3/c1-5-25-13-19(22(26)16-9-7-8-10-20(16)24)17-11-14(3)15(4)12-18(17)21(25)23(27)28-6-2/h7-12,19,21H,5-6,13H2,1-4H3. The number of aryl methyl sites for hydroxylation is 2. The van der Waals surface area contributed by atoms with Crippen LogP contribution in [0.4, 0.5) is 0 Å². The molecule has 0 amide bonds. The van der Waals surface area contributed by atoms with Gasteiger partial charge in [-0.1, -0.05) is 53.2 Å². The van der Waals surface area contributed by atoms with E-state index >= 15 is 0 Å². The Morgan fingerprint density at radius 1 is 1.11 bits per heavy atom. The highest BCUT2D eigenvalue weighted by Crippen LogP contribution is 2.40. The molecule has 0 saturated carbocycles. The van der Waals surface area contributed by atoms with Crippen LogP contribution in [0.5, 0.6) is 0 Å². The highest BCUT2D eigenvalue weighted by Gasteiger charge is 2.40. The maximum absolute atomic E-state index is 13.5. The van der Waals surface area contributed by atoms with Gasteiger partial charge in [0.05, 0.1) is 12.5 Å². The Kier molecular flexibility index (Phi) is 6.36. The molecule has 0 saturated heterocycles. The molecule has 3 rings (SSSR count). The summed E-state index contributed by atoms with van der Waals surface area (Å²) in [5, 5.41) is 0. The van der Waals surface area contributed by atoms with Crippen LogP contribution in [0.25, 0.3) is 0 Å². The van der Waals surface area contributed by atoms with E-state index in [1.807, 2.05) is 58.0 Å². The van der Waals surface area contributed by atoms with Crippen molar-refractivity contribution in [1.29, 1.82) is 0 Å². The van der Waals surface area contributed by atoms with E-state index in [4.69, 9.17) is 4.74 Å². The Hall–Kier alpha value is -1.98. The Morgan fingerprint density at radius 3 is 2.36 bits per heavy atom. The van der Waals surface area contributed by atoms with Gasteiger partial charge in [0.1, 0.15) is 6.04 Å². The van der Waals surface area contributed by atoms with Crippen LogP contribution in [0.2, 0.25) is 0 Å². The predicted molar refractivity (Wildman–Crippen MR) is 114 cm³/mol. The van der Waals surface area contributed by atoms with E-state index < -0.39 is 6.04 Å². The predicted octanol–water partition coefficient (Wildman–Crippen LogP) is 4.97. The number of nitrogens with zero attached hydrogens (tertiary/aromatic N) is 1. The average Bonchev–Trinajstić information content (AvgIpc) is 2.67. The molecule has 1 aliphatic rings. The normalized spacial score (nSPS) is 19.2. The van der Waals surface area contributed by atoms with E-state index in [1.165, 1.54) is 0 Å². The van der Waals surface area contributed by atoms with Crippen LogP contribution in [0.15, 0.2) is 40.9 Å². The van der Waals surface area contributed by atoms with Gasteiger partial charge in [-0.2, -0.15) is 0 Å². The number of carbonyl (C=O) groups is 2. The van der Waals surface area contributed by atoms with E-state index in [2.05, 4.69) is 26.9 Å². The number of benzene rings is 2. The lowest BCUT2D eigenvalue weighted by atomic mass is 9.79. The second-order valence-corrected chi connectivity index (χ2v) is 8.06. The van der Waals surface area contributed by atoms with Crippen molar-refractivity contribution in [2.24, 2.45) is 0 Å². The molecule has 2 aromatic carbocycles. The summed E-state index contributed by atoms with van der Waals surface area (Å²) < 4.78 is 6.16. The molecular weight excluding hydrogens is 418 g/mol. The first-order valence-corrected chi connectivity index (χ1v) is 10.5. The maximum atomic E-state index is 13.5. The number of carbonyl (C=O) groups excluding carboxylic acids is 2. The number of hydrogen-bond acceptors (Lipinski definition) is 4. The van der Waals surface area contributed by atoms with Gasteiger partial charge in [0.2, 0.25) is 0 Å². The lowest BCUT2D eigenvalue weighted by molar-refractivity contribution is -0.150. The first-order valence-electron chi connectivity index (χ1n) is 9.69. The van der Waals surface area contributed by atoms with Crippen molar-refractivity contribution in [3.05, 3.63) is 68.7 Å². The number of halogens is 1. The number of ether oxygens (including phenoxy) is 1. The van der Waals surface area contributed by atoms with Gasteiger partial charge >= 0.3 is 5.97 Å². The van der Waals surface area contributed by atoms with Gasteiger partial charge in [-0.25, -0.2) is 4.79 Å². The highest BCUT2D eigenvalue weighted by atomic mass is 79.9. The number of Topliss-reactive ketones (excluding diaryl/α,β-unsaturated/α-hetero) is 1. The average molecular weight is 444 g/mol. The van der Waals surface area contributed by atoms with Crippen molar-refractivity contribution in [1.82, 2.24) is 4.90 Å². The van der Waals surface area contributed by atoms with Crippen LogP contribution in [-0.4, -0.2) is 36.3 Å². The first-order chi connectivity index (χ1) is 13.4. The van der Waals surface area contributed by atoms with Crippen molar-refractivity contribution < 1.29 is 14.3 Å². The molecule has 28 heavy (non-hydrogen) atoms. The third-order valence-corrected chi connectivity index (χ3v) is 6.21. The second kappa shape index (κ2) is 8.58. The third kappa shape index (κ3) is 3.78. The van der Waals surface area contributed by atoms with Crippen molar-refractivity contribution in [3.8, 4) is 0 Å². The SMILES string of the molecule is CCOC(=O)C1c2cc(C)c(C)cc2C(C(=O)c2ccccc2Br)CN1CC. The molecule has 2 atom stereocenters. The number of hydrogen-bond donors (Lipinski definition) is 0. The second-order valence-electron chi connectivity index (χ2n) is 7.20. The number of likely N-dealkylation sites (N-methyl/N-ethyl adjacent to an activating group) is 1. The Bertz CT molecular complexity index is 909. The highest BCUT2D eigenvalue weighted by molar-refractivity contribution is 9.10. The largest absolute Gasteiger partial charge is 0.465 e. The molecular formula is C23H26BrNO3. The molecule has 0 aromatic heterocycles. The minimum atomic E-state index is -0.470. The number of ketones is 1. The third-order valence-electron chi connectivity index (χ3n) is 5.52. The number of esters is 1. The lowest BCUT2D eigenvalue weighted by Crippen LogP contribution is -2.44. The van der Waals surface area contributed by atoms with Crippen LogP contribution >= 0.6 is 15.9 Å². The molecule has 2 aromatic rings. The van der Waals surface area contributed by atoms with Gasteiger partial charge in [0.25, 0.3) is 0 Å². The Balaban J connectivity index is 2.14. The van der Waals surface area contributed by atoms with Gasteiger partial charge in [0.15, 0.2) is 5.78 Å². The summed E-state index contributed by atoms with van der Waals surface area (Å²) in [5.74, 6) is -0.503. The summed E-state index contributed by atoms with van der Waals surface area (Å²) in [6.45, 7) is 9.40. The first kappa shape index (κ1) is 20.7. The van der Waals surface area contributed by atoms with Crippen molar-refractivity contribution in [3.63, 3.8) is 0 Å². The maximum Gasteiger partial charge on any atom is 0.328 e. The zero-order valence-electron chi connectivity index (χ0n) is 16.8. The Labute approximate surface area is 175 Å². The number of fused-ring (bicyclic) bond motifs is 1. The zero-order chi connectivity index (χ0) is 20.4. The van der Waals surface area contributed by atoms with Crippen molar-refractivity contribution >= 4 is 27.7 Å². The van der Waals surface area contributed by atoms with Gasteiger partial charge in [-0.3, -0.25) is 9.69 Å². The monoisotopic (exact) mass is 443 g/mol. The Morgan fingerprint density at radius 2 is 1.75 bits per heavy atom. The van der Waals surface area contributed by atoms with Crippen LogP contribution < -0.4 is 0 Å². The molecule has 0 aliphatic carbocycles. The molecule has 0 radical (unpaired) electrons. The van der Waals surface area contributed by atoms with Crippen LogP contribution in [0.3, 0.4) is 0 Å². The molecule has 5 heteroatoms. The summed E-state index contributed by atoms with van der Waals surface area (Å²) >= 11 is 3.51. The molecule has 148 valence electrons. The molecule has 0 spiro atoms. The molecule has 4 nitrogen and oxygen atoms in total. The van der Waals surface area contributed by atoms with E-state index in [0.717, 1.165) is 26.7 Å². The fourth-order valence-electron chi connectivity index (χ4n) is 3.92. The van der Waals surface area contributed by atoms with Crippen molar-refractivity contribution in [2.45, 2.75) is 39.7 Å². The fraction of sp³-hybridized carbons (Fsp3) is 0.391. The van der Waals surface area contributed by atoms with Gasteiger partial charge in [-0.05, 0) is 55.6 Å². The van der Waals surface area contributed by atoms with Gasteiger partial charge in [0, 0.05) is 16.6 Å².